The molecule has 0 unspecified atom stereocenters. The molecule has 2 aromatic carbocycles. The van der Waals surface area contributed by atoms with Crippen molar-refractivity contribution >= 4 is 23.4 Å². The molecule has 0 spiro atoms. The Kier molecular flexibility index (Phi) is 4.79. The van der Waals surface area contributed by atoms with Gasteiger partial charge < -0.3 is 14.6 Å². The third-order valence-electron chi connectivity index (χ3n) is 4.52. The maximum Gasteiger partial charge on any atom is 0.291 e. The fourth-order valence-corrected chi connectivity index (χ4v) is 3.29. The van der Waals surface area contributed by atoms with Gasteiger partial charge in [0.1, 0.15) is 24.2 Å². The maximum absolute atomic E-state index is 13.8. The molecule has 1 saturated heterocycles. The minimum absolute atomic E-state index is 0.0225. The fourth-order valence-electron chi connectivity index (χ4n) is 3.10. The zero-order chi connectivity index (χ0) is 20.5. The van der Waals surface area contributed by atoms with Crippen molar-refractivity contribution in [2.75, 3.05) is 13.2 Å². The van der Waals surface area contributed by atoms with Crippen LogP contribution in [-0.4, -0.2) is 29.9 Å². The molecule has 2 heterocycles. The summed E-state index contributed by atoms with van der Waals surface area (Å²) in [7, 11) is 0. The number of nitriles is 1. The summed E-state index contributed by atoms with van der Waals surface area (Å²) >= 11 is 6.11. The molecular formula is C21H13ClFN3O3. The first-order valence-electron chi connectivity index (χ1n) is 8.62. The highest BCUT2D eigenvalue weighted by molar-refractivity contribution is 6.30. The van der Waals surface area contributed by atoms with Crippen molar-refractivity contribution in [3.8, 4) is 28.5 Å². The van der Waals surface area contributed by atoms with E-state index in [1.54, 1.807) is 36.4 Å². The molecule has 1 fully saturated rings. The molecule has 0 aliphatic carbocycles. The third-order valence-corrected chi connectivity index (χ3v) is 4.75. The topological polar surface area (TPSA) is 86.3 Å². The number of halogens is 2. The van der Waals surface area contributed by atoms with Crippen molar-refractivity contribution < 1.29 is 18.4 Å². The van der Waals surface area contributed by atoms with E-state index in [-0.39, 0.29) is 30.4 Å². The van der Waals surface area contributed by atoms with Crippen molar-refractivity contribution in [2.24, 2.45) is 0 Å². The molecule has 0 radical (unpaired) electrons. The molecule has 0 bridgehead atoms. The first-order valence-corrected chi connectivity index (χ1v) is 9.00. The van der Waals surface area contributed by atoms with Crippen molar-refractivity contribution in [3.63, 3.8) is 0 Å². The van der Waals surface area contributed by atoms with Crippen molar-refractivity contribution in [1.82, 2.24) is 10.2 Å². The number of carbonyl (C=O) groups is 2. The average Bonchev–Trinajstić information content (AvgIpc) is 3.35. The number of rotatable bonds is 3. The van der Waals surface area contributed by atoms with E-state index >= 15 is 0 Å². The summed E-state index contributed by atoms with van der Waals surface area (Å²) in [6.45, 7) is 0.0336. The van der Waals surface area contributed by atoms with Crippen LogP contribution in [0.4, 0.5) is 4.39 Å². The summed E-state index contributed by atoms with van der Waals surface area (Å²) < 4.78 is 19.6. The van der Waals surface area contributed by atoms with Crippen LogP contribution in [-0.2, 0) is 4.79 Å². The third kappa shape index (κ3) is 3.58. The van der Waals surface area contributed by atoms with Gasteiger partial charge in [0.2, 0.25) is 5.91 Å². The first-order chi connectivity index (χ1) is 14.0. The second-order valence-corrected chi connectivity index (χ2v) is 6.87. The van der Waals surface area contributed by atoms with E-state index < -0.39 is 11.7 Å². The van der Waals surface area contributed by atoms with Crippen LogP contribution in [0.3, 0.4) is 0 Å². The molecule has 1 aliphatic heterocycles. The predicted octanol–water partition coefficient (Wildman–Crippen LogP) is 3.81. The normalized spacial score (nSPS) is 13.3. The molecule has 3 aromatic rings. The molecule has 1 N–H and O–H groups in total. The molecule has 8 heteroatoms. The lowest BCUT2D eigenvalue weighted by atomic mass is 10.0. The molecule has 0 saturated carbocycles. The van der Waals surface area contributed by atoms with Crippen LogP contribution in [0.5, 0.6) is 0 Å². The number of amides is 2. The molecule has 2 amide bonds. The lowest BCUT2D eigenvalue weighted by Gasteiger charge is -2.10. The Balaban J connectivity index is 1.84. The summed E-state index contributed by atoms with van der Waals surface area (Å²) in [5.41, 5.74) is 1.55. The van der Waals surface area contributed by atoms with Gasteiger partial charge in [-0.3, -0.25) is 9.59 Å². The number of nitrogens with zero attached hydrogens (tertiary/aromatic N) is 2. The number of benzene rings is 2. The van der Waals surface area contributed by atoms with E-state index in [0.29, 0.717) is 27.5 Å². The van der Waals surface area contributed by atoms with Crippen LogP contribution in [0.25, 0.3) is 22.5 Å². The number of hydrogen-bond donors (Lipinski definition) is 1. The summed E-state index contributed by atoms with van der Waals surface area (Å²) in [6, 6.07) is 14.3. The molecule has 144 valence electrons. The Bertz CT molecular complexity index is 1180. The van der Waals surface area contributed by atoms with Gasteiger partial charge in [0.05, 0.1) is 12.2 Å². The van der Waals surface area contributed by atoms with Crippen molar-refractivity contribution in [1.29, 1.82) is 5.26 Å². The van der Waals surface area contributed by atoms with Crippen LogP contribution in [0.15, 0.2) is 52.9 Å². The summed E-state index contributed by atoms with van der Waals surface area (Å²) in [5.74, 6) is -1.04. The molecule has 6 nitrogen and oxygen atoms in total. The van der Waals surface area contributed by atoms with Gasteiger partial charge in [-0.05, 0) is 42.0 Å². The van der Waals surface area contributed by atoms with E-state index in [1.165, 1.54) is 23.1 Å². The maximum atomic E-state index is 13.8. The summed E-state index contributed by atoms with van der Waals surface area (Å²) in [5, 5.41) is 12.2. The zero-order valence-electron chi connectivity index (χ0n) is 14.9. The number of furan rings is 1. The van der Waals surface area contributed by atoms with E-state index in [0.717, 1.165) is 0 Å². The Labute approximate surface area is 170 Å². The van der Waals surface area contributed by atoms with Gasteiger partial charge in [-0.1, -0.05) is 23.7 Å². The lowest BCUT2D eigenvalue weighted by Crippen LogP contribution is -2.29. The van der Waals surface area contributed by atoms with Crippen molar-refractivity contribution in [2.45, 2.75) is 0 Å². The minimum Gasteiger partial charge on any atom is -0.450 e. The average molecular weight is 410 g/mol. The SMILES string of the molecule is N#Cc1cc(-c2oc(C(=O)N3CNC(=O)C3)cc2-c2cccc(Cl)c2)ccc1F. The fraction of sp³-hybridized carbons (Fsp3) is 0.0952. The van der Waals surface area contributed by atoms with Crippen molar-refractivity contribution in [3.05, 3.63) is 70.7 Å². The minimum atomic E-state index is -0.648. The van der Waals surface area contributed by atoms with Crippen LogP contribution in [0, 0.1) is 17.1 Å². The van der Waals surface area contributed by atoms with Gasteiger partial charge in [-0.25, -0.2) is 4.39 Å². The quantitative estimate of drug-likeness (QED) is 0.712. The van der Waals surface area contributed by atoms with E-state index in [9.17, 15) is 14.0 Å². The Morgan fingerprint density at radius 1 is 1.21 bits per heavy atom. The highest BCUT2D eigenvalue weighted by atomic mass is 35.5. The molecule has 29 heavy (non-hydrogen) atoms. The second-order valence-electron chi connectivity index (χ2n) is 6.43. The number of carbonyl (C=O) groups excluding carboxylic acids is 2. The molecular weight excluding hydrogens is 397 g/mol. The first kappa shape index (κ1) is 18.7. The Hall–Kier alpha value is -3.63. The van der Waals surface area contributed by atoms with E-state index in [4.69, 9.17) is 21.3 Å². The van der Waals surface area contributed by atoms with Gasteiger partial charge >= 0.3 is 0 Å². The standard InChI is InChI=1S/C21H13ClFN3O3/c22-15-3-1-2-12(7-15)16-8-18(21(28)26-10-19(27)25-11-26)29-20(16)13-4-5-17(23)14(6-13)9-24/h1-8H,10-11H2,(H,25,27). The number of nitrogens with one attached hydrogen (secondary N) is 1. The molecule has 1 aromatic heterocycles. The molecule has 1 aliphatic rings. The smallest absolute Gasteiger partial charge is 0.291 e. The molecule has 0 atom stereocenters. The van der Waals surface area contributed by atoms with Gasteiger partial charge in [0.15, 0.2) is 5.76 Å². The Morgan fingerprint density at radius 3 is 2.72 bits per heavy atom. The predicted molar refractivity (Wildman–Crippen MR) is 103 cm³/mol. The van der Waals surface area contributed by atoms with Gasteiger partial charge in [0.25, 0.3) is 5.91 Å². The highest BCUT2D eigenvalue weighted by Crippen LogP contribution is 2.37. The Morgan fingerprint density at radius 2 is 2.03 bits per heavy atom. The summed E-state index contributed by atoms with van der Waals surface area (Å²) in [4.78, 5) is 25.5. The lowest BCUT2D eigenvalue weighted by molar-refractivity contribution is -0.118. The number of hydrogen-bond acceptors (Lipinski definition) is 4. The molecule has 4 rings (SSSR count). The van der Waals surface area contributed by atoms with E-state index in [1.807, 2.05) is 0 Å². The van der Waals surface area contributed by atoms with Gasteiger partial charge in [-0.15, -0.1) is 0 Å². The van der Waals surface area contributed by atoms with E-state index in [2.05, 4.69) is 5.32 Å². The van der Waals surface area contributed by atoms with Crippen LogP contribution in [0.1, 0.15) is 16.1 Å². The highest BCUT2D eigenvalue weighted by Gasteiger charge is 2.28. The second kappa shape index (κ2) is 7.41. The van der Waals surface area contributed by atoms with Crippen LogP contribution < -0.4 is 5.32 Å². The summed E-state index contributed by atoms with van der Waals surface area (Å²) in [6.07, 6.45) is 0. The van der Waals surface area contributed by atoms with Gasteiger partial charge in [-0.2, -0.15) is 5.26 Å². The van der Waals surface area contributed by atoms with Crippen LogP contribution >= 0.6 is 11.6 Å². The van der Waals surface area contributed by atoms with Crippen LogP contribution in [0.2, 0.25) is 5.02 Å². The monoisotopic (exact) mass is 409 g/mol. The van der Waals surface area contributed by atoms with Gasteiger partial charge in [0, 0.05) is 16.1 Å². The zero-order valence-corrected chi connectivity index (χ0v) is 15.7. The largest absolute Gasteiger partial charge is 0.450 e.